The second kappa shape index (κ2) is 10.4. The summed E-state index contributed by atoms with van der Waals surface area (Å²) in [5.41, 5.74) is 1.20. The van der Waals surface area contributed by atoms with Gasteiger partial charge in [0.2, 0.25) is 0 Å². The number of hydrogen-bond acceptors (Lipinski definition) is 4. The van der Waals surface area contributed by atoms with Gasteiger partial charge in [-0.25, -0.2) is 0 Å². The third-order valence-electron chi connectivity index (χ3n) is 4.71. The van der Waals surface area contributed by atoms with Gasteiger partial charge < -0.3 is 24.8 Å². The van der Waals surface area contributed by atoms with Crippen LogP contribution in [0.3, 0.4) is 0 Å². The Balaban J connectivity index is 1.44. The van der Waals surface area contributed by atoms with Crippen LogP contribution < -0.4 is 15.4 Å². The molecule has 0 amide bonds. The van der Waals surface area contributed by atoms with E-state index in [0.29, 0.717) is 5.92 Å². The number of ether oxygens (including phenoxy) is 3. The Morgan fingerprint density at radius 3 is 3.04 bits per heavy atom. The summed E-state index contributed by atoms with van der Waals surface area (Å²) in [6.45, 7) is 7.69. The van der Waals surface area contributed by atoms with Gasteiger partial charge in [0.25, 0.3) is 0 Å². The number of nitrogens with zero attached hydrogens (tertiary/aromatic N) is 1. The first-order valence-electron chi connectivity index (χ1n) is 9.79. The van der Waals surface area contributed by atoms with Crippen molar-refractivity contribution in [1.82, 2.24) is 10.6 Å². The van der Waals surface area contributed by atoms with Crippen LogP contribution in [0.15, 0.2) is 29.3 Å². The van der Waals surface area contributed by atoms with E-state index in [-0.39, 0.29) is 6.04 Å². The molecule has 0 aliphatic carbocycles. The van der Waals surface area contributed by atoms with Crippen LogP contribution in [0.1, 0.15) is 37.8 Å². The Hall–Kier alpha value is -1.79. The maximum absolute atomic E-state index is 5.75. The average molecular weight is 361 g/mol. The zero-order valence-electron chi connectivity index (χ0n) is 15.7. The third-order valence-corrected chi connectivity index (χ3v) is 4.71. The van der Waals surface area contributed by atoms with Crippen LogP contribution in [0.25, 0.3) is 0 Å². The molecule has 0 saturated carbocycles. The summed E-state index contributed by atoms with van der Waals surface area (Å²) in [5, 5.41) is 6.89. The fourth-order valence-corrected chi connectivity index (χ4v) is 3.30. The highest BCUT2D eigenvalue weighted by Gasteiger charge is 2.21. The molecule has 26 heavy (non-hydrogen) atoms. The maximum Gasteiger partial charge on any atom is 0.191 e. The van der Waals surface area contributed by atoms with Crippen molar-refractivity contribution in [3.63, 3.8) is 0 Å². The average Bonchev–Trinajstić information content (AvgIpc) is 3.18. The molecule has 2 unspecified atom stereocenters. The number of rotatable bonds is 8. The monoisotopic (exact) mass is 361 g/mol. The normalized spacial score (nSPS) is 22.6. The van der Waals surface area contributed by atoms with E-state index in [2.05, 4.69) is 29.7 Å². The molecule has 6 heteroatoms. The number of nitrogens with one attached hydrogen (secondary N) is 2. The molecule has 2 atom stereocenters. The highest BCUT2D eigenvalue weighted by Crippen LogP contribution is 2.31. The molecule has 1 aromatic rings. The van der Waals surface area contributed by atoms with Gasteiger partial charge >= 0.3 is 0 Å². The van der Waals surface area contributed by atoms with E-state index >= 15 is 0 Å². The quantitative estimate of drug-likeness (QED) is 0.423. The number of guanidine groups is 1. The lowest BCUT2D eigenvalue weighted by Crippen LogP contribution is -2.41. The molecule has 144 valence electrons. The van der Waals surface area contributed by atoms with Crippen molar-refractivity contribution in [3.05, 3.63) is 29.8 Å². The van der Waals surface area contributed by atoms with Crippen molar-refractivity contribution in [2.24, 2.45) is 10.9 Å². The Kier molecular flexibility index (Phi) is 7.58. The van der Waals surface area contributed by atoms with Crippen molar-refractivity contribution in [1.29, 1.82) is 0 Å². The molecule has 1 fully saturated rings. The molecule has 3 rings (SSSR count). The van der Waals surface area contributed by atoms with E-state index in [1.165, 1.54) is 5.56 Å². The van der Waals surface area contributed by atoms with Crippen molar-refractivity contribution < 1.29 is 14.2 Å². The summed E-state index contributed by atoms with van der Waals surface area (Å²) in [5.74, 6) is 2.40. The maximum atomic E-state index is 5.75. The minimum atomic E-state index is 0.233. The lowest BCUT2D eigenvalue weighted by molar-refractivity contribution is 0.0893. The first-order valence-corrected chi connectivity index (χ1v) is 9.79. The molecule has 2 aliphatic rings. The number of fused-ring (bicyclic) bond motifs is 1. The minimum Gasteiger partial charge on any atom is -0.493 e. The van der Waals surface area contributed by atoms with Crippen LogP contribution >= 0.6 is 0 Å². The number of benzene rings is 1. The van der Waals surface area contributed by atoms with Gasteiger partial charge in [-0.2, -0.15) is 0 Å². The van der Waals surface area contributed by atoms with Crippen LogP contribution in [0, 0.1) is 5.92 Å². The van der Waals surface area contributed by atoms with E-state index in [4.69, 9.17) is 19.2 Å². The smallest absolute Gasteiger partial charge is 0.191 e. The Labute approximate surface area is 156 Å². The van der Waals surface area contributed by atoms with Crippen molar-refractivity contribution in [3.8, 4) is 5.75 Å². The van der Waals surface area contributed by atoms with Gasteiger partial charge in [0.05, 0.1) is 25.9 Å². The van der Waals surface area contributed by atoms with Crippen LogP contribution in [-0.2, 0) is 9.47 Å². The molecule has 2 N–H and O–H groups in total. The SMILES string of the molecule is CCNC(=NCCCOCC1CCOC1)NC1CCOc2ccccc21. The Bertz CT molecular complexity index is 573. The van der Waals surface area contributed by atoms with E-state index in [9.17, 15) is 0 Å². The second-order valence-corrected chi connectivity index (χ2v) is 6.79. The lowest BCUT2D eigenvalue weighted by atomic mass is 10.0. The van der Waals surface area contributed by atoms with Crippen molar-refractivity contribution >= 4 is 5.96 Å². The predicted molar refractivity (Wildman–Crippen MR) is 103 cm³/mol. The number of hydrogen-bond donors (Lipinski definition) is 2. The van der Waals surface area contributed by atoms with Gasteiger partial charge in [-0.1, -0.05) is 18.2 Å². The predicted octanol–water partition coefficient (Wildman–Crippen LogP) is 2.51. The fraction of sp³-hybridized carbons (Fsp3) is 0.650. The Morgan fingerprint density at radius 1 is 1.27 bits per heavy atom. The third kappa shape index (κ3) is 5.61. The number of para-hydroxylation sites is 1. The summed E-state index contributed by atoms with van der Waals surface area (Å²) in [7, 11) is 0. The van der Waals surface area contributed by atoms with Crippen LogP contribution in [-0.4, -0.2) is 52.1 Å². The van der Waals surface area contributed by atoms with E-state index in [0.717, 1.165) is 77.1 Å². The summed E-state index contributed by atoms with van der Waals surface area (Å²) in [6, 6.07) is 8.45. The molecule has 1 aromatic carbocycles. The molecular weight excluding hydrogens is 330 g/mol. The largest absolute Gasteiger partial charge is 0.493 e. The second-order valence-electron chi connectivity index (χ2n) is 6.79. The van der Waals surface area contributed by atoms with Gasteiger partial charge in [-0.3, -0.25) is 4.99 Å². The van der Waals surface area contributed by atoms with E-state index < -0.39 is 0 Å². The molecule has 0 radical (unpaired) electrons. The summed E-state index contributed by atoms with van der Waals surface area (Å²) in [4.78, 5) is 4.70. The van der Waals surface area contributed by atoms with Crippen molar-refractivity contribution in [2.75, 3.05) is 46.1 Å². The van der Waals surface area contributed by atoms with Gasteiger partial charge in [0.15, 0.2) is 5.96 Å². The highest BCUT2D eigenvalue weighted by atomic mass is 16.5. The van der Waals surface area contributed by atoms with Gasteiger partial charge in [-0.15, -0.1) is 0 Å². The van der Waals surface area contributed by atoms with Crippen LogP contribution in [0.5, 0.6) is 5.75 Å². The first kappa shape index (κ1) is 19.0. The zero-order valence-corrected chi connectivity index (χ0v) is 15.7. The van der Waals surface area contributed by atoms with Crippen LogP contribution in [0.4, 0.5) is 0 Å². The molecule has 2 heterocycles. The topological polar surface area (TPSA) is 64.1 Å². The summed E-state index contributed by atoms with van der Waals surface area (Å²) in [6.07, 6.45) is 2.99. The van der Waals surface area contributed by atoms with Gasteiger partial charge in [0.1, 0.15) is 5.75 Å². The standard InChI is InChI=1S/C20H31N3O3/c1-2-21-20(22-10-5-11-24-14-16-8-12-25-15-16)23-18-9-13-26-19-7-4-3-6-17(18)19/h3-4,6-7,16,18H,2,5,8-15H2,1H3,(H2,21,22,23). The molecule has 0 spiro atoms. The molecule has 2 aliphatic heterocycles. The van der Waals surface area contributed by atoms with Crippen molar-refractivity contribution in [2.45, 2.75) is 32.2 Å². The lowest BCUT2D eigenvalue weighted by Gasteiger charge is -2.28. The summed E-state index contributed by atoms with van der Waals surface area (Å²) >= 11 is 0. The molecular formula is C20H31N3O3. The van der Waals surface area contributed by atoms with Crippen LogP contribution in [0.2, 0.25) is 0 Å². The molecule has 0 aromatic heterocycles. The van der Waals surface area contributed by atoms with E-state index in [1.54, 1.807) is 0 Å². The summed E-state index contributed by atoms with van der Waals surface area (Å²) < 4.78 is 16.8. The minimum absolute atomic E-state index is 0.233. The van der Waals surface area contributed by atoms with E-state index in [1.807, 2.05) is 12.1 Å². The highest BCUT2D eigenvalue weighted by molar-refractivity contribution is 5.80. The molecule has 6 nitrogen and oxygen atoms in total. The number of aliphatic imine (C=N–C) groups is 1. The van der Waals surface area contributed by atoms with Gasteiger partial charge in [-0.05, 0) is 25.8 Å². The first-order chi connectivity index (χ1) is 12.9. The molecule has 1 saturated heterocycles. The Morgan fingerprint density at radius 2 is 2.19 bits per heavy atom. The van der Waals surface area contributed by atoms with Gasteiger partial charge in [0, 0.05) is 44.2 Å². The molecule has 0 bridgehead atoms. The zero-order chi connectivity index (χ0) is 18.0. The fourth-order valence-electron chi connectivity index (χ4n) is 3.30.